The number of hydrogen-bond donors (Lipinski definition) is 2. The van der Waals surface area contributed by atoms with Crippen molar-refractivity contribution in [3.8, 4) is 0 Å². The molecule has 0 heterocycles. The molecule has 0 spiro atoms. The first-order valence-corrected chi connectivity index (χ1v) is 15.9. The smallest absolute Gasteiger partial charge is 0.449 e. The summed E-state index contributed by atoms with van der Waals surface area (Å²) in [6.45, 7) is -4.07. The molecule has 0 atom stereocenters. The van der Waals surface area contributed by atoms with Gasteiger partial charge in [0.25, 0.3) is 0 Å². The number of nitrogens with one attached hydrogen (secondary N) is 2. The Morgan fingerprint density at radius 3 is 0.841 bits per heavy atom. The van der Waals surface area contributed by atoms with Gasteiger partial charge in [0.2, 0.25) is 0 Å². The Bertz CT molecular complexity index is 1760. The van der Waals surface area contributed by atoms with Gasteiger partial charge in [-0.2, -0.15) is 114 Å². The maximum absolute atomic E-state index is 13.9. The van der Waals surface area contributed by atoms with Crippen LogP contribution in [0.3, 0.4) is 0 Å². The normalized spacial score (nSPS) is 14.6. The van der Waals surface area contributed by atoms with Crippen molar-refractivity contribution >= 4 is 23.6 Å². The standard InChI is InChI=1S/C31H20F26N2O4/c32-20(33,22(36,37)24(40,41)26(44,45)28(48,49)30(52,53)54)9-11-62-18(60)58-16-5-1-14(2-6-16)13-15-3-7-17(8-4-15)59-19(61)63-12-10-21(34,35)23(38,39)25(42,43)27(46,47)29(50,51)31(55,56)57/h1-8H,9-13H2,(H,58,60)(H,59,61). The number of carbonyl (C=O) groups excluding carboxylic acids is 2. The van der Waals surface area contributed by atoms with Gasteiger partial charge in [0.1, 0.15) is 0 Å². The topological polar surface area (TPSA) is 76.7 Å². The molecule has 0 aliphatic carbocycles. The summed E-state index contributed by atoms with van der Waals surface area (Å²) in [6.07, 6.45) is -24.5. The van der Waals surface area contributed by atoms with E-state index in [-0.39, 0.29) is 17.8 Å². The van der Waals surface area contributed by atoms with Gasteiger partial charge in [-0.1, -0.05) is 24.3 Å². The van der Waals surface area contributed by atoms with Gasteiger partial charge in [-0.3, -0.25) is 10.6 Å². The molecule has 360 valence electrons. The van der Waals surface area contributed by atoms with E-state index in [0.29, 0.717) is 11.1 Å². The molecule has 63 heavy (non-hydrogen) atoms. The SMILES string of the molecule is O=C(Nc1ccc(Cc2ccc(NC(=O)OCCC(F)(F)C(F)(F)C(F)(F)C(F)(F)C(F)(F)C(F)(F)F)cc2)cc1)OCCC(F)(F)C(F)(F)C(F)(F)C(F)(F)C(F)(F)C(F)(F)F. The monoisotopic (exact) mass is 978 g/mol. The Morgan fingerprint density at radius 2 is 0.603 bits per heavy atom. The second kappa shape index (κ2) is 17.3. The minimum atomic E-state index is -8.11. The fourth-order valence-electron chi connectivity index (χ4n) is 4.42. The maximum Gasteiger partial charge on any atom is 0.460 e. The first-order chi connectivity index (χ1) is 27.9. The van der Waals surface area contributed by atoms with Gasteiger partial charge in [-0.05, 0) is 41.8 Å². The summed E-state index contributed by atoms with van der Waals surface area (Å²) >= 11 is 0. The number of rotatable bonds is 18. The van der Waals surface area contributed by atoms with Crippen LogP contribution in [0.4, 0.5) is 135 Å². The molecule has 0 unspecified atom stereocenters. The highest BCUT2D eigenvalue weighted by atomic mass is 19.4. The predicted molar refractivity (Wildman–Crippen MR) is 156 cm³/mol. The lowest BCUT2D eigenvalue weighted by atomic mass is 9.93. The molecule has 2 N–H and O–H groups in total. The summed E-state index contributed by atoms with van der Waals surface area (Å²) in [5.41, 5.74) is 0.118. The highest BCUT2D eigenvalue weighted by Gasteiger charge is 2.92. The molecule has 0 saturated carbocycles. The molecular formula is C31H20F26N2O4. The van der Waals surface area contributed by atoms with E-state index in [1.807, 2.05) is 0 Å². The van der Waals surface area contributed by atoms with Crippen LogP contribution in [-0.2, 0) is 15.9 Å². The first kappa shape index (κ1) is 54.3. The van der Waals surface area contributed by atoms with Crippen LogP contribution in [0, 0.1) is 0 Å². The molecule has 0 radical (unpaired) electrons. The average molecular weight is 978 g/mol. The van der Waals surface area contributed by atoms with Gasteiger partial charge in [0, 0.05) is 11.4 Å². The first-order valence-electron chi connectivity index (χ1n) is 15.9. The van der Waals surface area contributed by atoms with E-state index in [0.717, 1.165) is 24.3 Å². The minimum Gasteiger partial charge on any atom is -0.449 e. The summed E-state index contributed by atoms with van der Waals surface area (Å²) in [7, 11) is 0. The third kappa shape index (κ3) is 10.1. The zero-order valence-corrected chi connectivity index (χ0v) is 29.6. The van der Waals surface area contributed by atoms with Crippen LogP contribution in [0.1, 0.15) is 24.0 Å². The number of benzene rings is 2. The number of halogens is 26. The number of ether oxygens (including phenoxy) is 2. The summed E-state index contributed by atoms with van der Waals surface area (Å²) in [4.78, 5) is 23.7. The molecule has 6 nitrogen and oxygen atoms in total. The summed E-state index contributed by atoms with van der Waals surface area (Å²) in [5.74, 6) is -76.3. The Balaban J connectivity index is 1.95. The van der Waals surface area contributed by atoms with Gasteiger partial charge in [0.15, 0.2) is 0 Å². The summed E-state index contributed by atoms with van der Waals surface area (Å²) in [6, 6.07) is 9.01. The molecule has 2 rings (SSSR count). The van der Waals surface area contributed by atoms with Crippen molar-refractivity contribution in [2.24, 2.45) is 0 Å². The molecule has 2 aromatic rings. The number of anilines is 2. The highest BCUT2D eigenvalue weighted by Crippen LogP contribution is 2.62. The lowest BCUT2D eigenvalue weighted by Crippen LogP contribution is -2.70. The van der Waals surface area contributed by atoms with Gasteiger partial charge in [-0.15, -0.1) is 0 Å². The predicted octanol–water partition coefficient (Wildman–Crippen LogP) is 12.6. The van der Waals surface area contributed by atoms with E-state index in [1.165, 1.54) is 24.3 Å². The molecule has 2 amide bonds. The van der Waals surface area contributed by atoms with Crippen LogP contribution in [-0.4, -0.2) is 97.0 Å². The maximum atomic E-state index is 13.9. The Kier molecular flexibility index (Phi) is 14.9. The van der Waals surface area contributed by atoms with E-state index in [2.05, 4.69) is 9.47 Å². The Hall–Kier alpha value is -4.84. The lowest BCUT2D eigenvalue weighted by molar-refractivity contribution is -0.440. The molecule has 0 aliphatic heterocycles. The molecule has 0 bridgehead atoms. The molecule has 0 aromatic heterocycles. The lowest BCUT2D eigenvalue weighted by Gasteiger charge is -2.39. The van der Waals surface area contributed by atoms with E-state index in [9.17, 15) is 124 Å². The zero-order chi connectivity index (χ0) is 49.5. The molecule has 0 fully saturated rings. The van der Waals surface area contributed by atoms with E-state index in [4.69, 9.17) is 0 Å². The van der Waals surface area contributed by atoms with Crippen LogP contribution in [0.15, 0.2) is 48.5 Å². The minimum absolute atomic E-state index is 0.0425. The van der Waals surface area contributed by atoms with Crippen molar-refractivity contribution in [1.82, 2.24) is 0 Å². The second-order valence-electron chi connectivity index (χ2n) is 12.6. The molecule has 32 heteroatoms. The third-order valence-electron chi connectivity index (χ3n) is 8.10. The van der Waals surface area contributed by atoms with Crippen molar-refractivity contribution in [3.05, 3.63) is 59.7 Å². The molecule has 0 saturated heterocycles. The van der Waals surface area contributed by atoms with Crippen LogP contribution in [0.2, 0.25) is 0 Å². The second-order valence-corrected chi connectivity index (χ2v) is 12.6. The largest absolute Gasteiger partial charge is 0.460 e. The van der Waals surface area contributed by atoms with Gasteiger partial charge < -0.3 is 9.47 Å². The van der Waals surface area contributed by atoms with Crippen molar-refractivity contribution in [2.45, 2.75) is 90.8 Å². The van der Waals surface area contributed by atoms with Gasteiger partial charge in [0.05, 0.1) is 26.1 Å². The Labute approximate surface area is 331 Å². The Morgan fingerprint density at radius 1 is 0.365 bits per heavy atom. The number of carbonyl (C=O) groups is 2. The number of alkyl halides is 26. The van der Waals surface area contributed by atoms with Crippen LogP contribution in [0.25, 0.3) is 0 Å². The van der Waals surface area contributed by atoms with Crippen molar-refractivity contribution in [3.63, 3.8) is 0 Å². The quantitative estimate of drug-likeness (QED) is 0.146. The fraction of sp³-hybridized carbons (Fsp3) is 0.548. The summed E-state index contributed by atoms with van der Waals surface area (Å²) in [5, 5.41) is 3.57. The fourth-order valence-corrected chi connectivity index (χ4v) is 4.42. The average Bonchev–Trinajstić information content (AvgIpc) is 3.11. The van der Waals surface area contributed by atoms with Crippen LogP contribution < -0.4 is 10.6 Å². The number of amides is 2. The molecule has 0 aliphatic rings. The molecular weight excluding hydrogens is 958 g/mol. The third-order valence-corrected chi connectivity index (χ3v) is 8.10. The van der Waals surface area contributed by atoms with Gasteiger partial charge >= 0.3 is 83.8 Å². The zero-order valence-electron chi connectivity index (χ0n) is 29.6. The van der Waals surface area contributed by atoms with Crippen molar-refractivity contribution in [2.75, 3.05) is 23.8 Å². The number of hydrogen-bond acceptors (Lipinski definition) is 4. The van der Waals surface area contributed by atoms with Crippen LogP contribution in [0.5, 0.6) is 0 Å². The van der Waals surface area contributed by atoms with Crippen LogP contribution >= 0.6 is 0 Å². The van der Waals surface area contributed by atoms with Gasteiger partial charge in [-0.25, -0.2) is 9.59 Å². The van der Waals surface area contributed by atoms with E-state index < -0.39 is 110 Å². The van der Waals surface area contributed by atoms with Crippen molar-refractivity contribution < 1.29 is 133 Å². The van der Waals surface area contributed by atoms with E-state index in [1.54, 1.807) is 10.6 Å². The van der Waals surface area contributed by atoms with Crippen molar-refractivity contribution in [1.29, 1.82) is 0 Å². The van der Waals surface area contributed by atoms with E-state index >= 15 is 0 Å². The summed E-state index contributed by atoms with van der Waals surface area (Å²) < 4.78 is 351. The highest BCUT2D eigenvalue weighted by molar-refractivity contribution is 5.85. The molecule has 2 aromatic carbocycles.